The molecular weight excluding hydrogens is 390 g/mol. The normalized spacial score (nSPS) is 9.83. The van der Waals surface area contributed by atoms with E-state index < -0.39 is 6.03 Å². The summed E-state index contributed by atoms with van der Waals surface area (Å²) < 4.78 is -0.142. The van der Waals surface area contributed by atoms with E-state index in [2.05, 4.69) is 10.6 Å². The number of carbonyl (C=O) groups is 1. The maximum Gasteiger partial charge on any atom is 0.323 e. The van der Waals surface area contributed by atoms with Crippen LogP contribution < -0.4 is 10.6 Å². The molecule has 0 unspecified atom stereocenters. The highest BCUT2D eigenvalue weighted by Crippen LogP contribution is 2.24. The van der Waals surface area contributed by atoms with Crippen molar-refractivity contribution in [2.45, 2.75) is 0 Å². The van der Waals surface area contributed by atoms with Gasteiger partial charge in [-0.2, -0.15) is 0 Å². The Labute approximate surface area is 159 Å². The lowest BCUT2D eigenvalue weighted by atomic mass is 10.1. The smallest absolute Gasteiger partial charge is 0.305 e. The summed E-state index contributed by atoms with van der Waals surface area (Å²) >= 11 is 23.5. The summed E-state index contributed by atoms with van der Waals surface area (Å²) in [6.45, 7) is 0. The van der Waals surface area contributed by atoms with Gasteiger partial charge in [0.1, 0.15) is 8.98 Å². The average molecular weight is 402 g/mol. The zero-order valence-corrected chi connectivity index (χ0v) is 15.2. The van der Waals surface area contributed by atoms with Gasteiger partial charge in [-0.3, -0.25) is 0 Å². The van der Waals surface area contributed by atoms with E-state index in [1.165, 1.54) is 0 Å². The molecule has 2 N–H and O–H groups in total. The molecule has 0 aromatic heterocycles. The van der Waals surface area contributed by atoms with Crippen molar-refractivity contribution in [2.24, 2.45) is 0 Å². The third kappa shape index (κ3) is 5.18. The minimum atomic E-state index is -0.578. The van der Waals surface area contributed by atoms with Crippen molar-refractivity contribution >= 4 is 63.8 Å². The topological polar surface area (TPSA) is 41.1 Å². The monoisotopic (exact) mass is 400 g/mol. The molecule has 0 atom stereocenters. The molecule has 2 aromatic rings. The fraction of sp³-hybridized carbons (Fsp3) is 0. The van der Waals surface area contributed by atoms with Gasteiger partial charge in [0.2, 0.25) is 0 Å². The van der Waals surface area contributed by atoms with Crippen molar-refractivity contribution < 1.29 is 4.79 Å². The van der Waals surface area contributed by atoms with Crippen LogP contribution in [0.1, 0.15) is 11.1 Å². The summed E-state index contributed by atoms with van der Waals surface area (Å²) in [5, 5.41) is 5.20. The third-order valence-electron chi connectivity index (χ3n) is 2.98. The first-order chi connectivity index (χ1) is 11.5. The third-order valence-corrected chi connectivity index (χ3v) is 3.74. The maximum absolute atomic E-state index is 12.3. The van der Waals surface area contributed by atoms with E-state index in [9.17, 15) is 4.79 Å². The van der Waals surface area contributed by atoms with Crippen molar-refractivity contribution in [1.29, 1.82) is 0 Å². The van der Waals surface area contributed by atoms with Crippen LogP contribution in [0.15, 0.2) is 69.6 Å². The van der Waals surface area contributed by atoms with Gasteiger partial charge in [0.15, 0.2) is 0 Å². The number of rotatable bonds is 4. The zero-order chi connectivity index (χ0) is 17.5. The molecule has 0 aliphatic heterocycles. The van der Waals surface area contributed by atoms with E-state index in [1.54, 1.807) is 48.5 Å². The second-order valence-corrected chi connectivity index (χ2v) is 6.48. The Hall–Kier alpha value is -1.65. The Morgan fingerprint density at radius 2 is 0.958 bits per heavy atom. The number of hydrogen-bond acceptors (Lipinski definition) is 1. The summed E-state index contributed by atoms with van der Waals surface area (Å²) in [5.41, 5.74) is 1.87. The lowest BCUT2D eigenvalue weighted by Crippen LogP contribution is -2.33. The summed E-state index contributed by atoms with van der Waals surface area (Å²) in [7, 11) is 0. The zero-order valence-electron chi connectivity index (χ0n) is 12.2. The van der Waals surface area contributed by atoms with E-state index in [1.807, 2.05) is 12.1 Å². The lowest BCUT2D eigenvalue weighted by Gasteiger charge is -2.14. The summed E-state index contributed by atoms with van der Waals surface area (Å²) in [4.78, 5) is 12.3. The van der Waals surface area contributed by atoms with Gasteiger partial charge in [0, 0.05) is 11.1 Å². The first kappa shape index (κ1) is 18.7. The predicted molar refractivity (Wildman–Crippen MR) is 102 cm³/mol. The van der Waals surface area contributed by atoms with Gasteiger partial charge in [-0.25, -0.2) is 4.79 Å². The lowest BCUT2D eigenvalue weighted by molar-refractivity contribution is 0.248. The fourth-order valence-electron chi connectivity index (χ4n) is 1.92. The molecule has 0 bridgehead atoms. The van der Waals surface area contributed by atoms with Crippen LogP contribution in [0.25, 0.3) is 11.4 Å². The highest BCUT2D eigenvalue weighted by molar-refractivity contribution is 6.59. The van der Waals surface area contributed by atoms with Crippen LogP contribution in [0.4, 0.5) is 4.79 Å². The van der Waals surface area contributed by atoms with Gasteiger partial charge in [-0.05, 0) is 0 Å². The van der Waals surface area contributed by atoms with E-state index >= 15 is 0 Å². The number of halogens is 4. The van der Waals surface area contributed by atoms with Gasteiger partial charge in [-0.15, -0.1) is 0 Å². The maximum atomic E-state index is 12.3. The molecule has 0 aliphatic rings. The molecule has 0 fully saturated rings. The summed E-state index contributed by atoms with van der Waals surface area (Å²) in [6, 6.07) is 17.4. The molecule has 0 saturated heterocycles. The molecule has 0 saturated carbocycles. The van der Waals surface area contributed by atoms with Crippen molar-refractivity contribution in [3.05, 3.63) is 80.8 Å². The Morgan fingerprint density at radius 1 is 0.625 bits per heavy atom. The standard InChI is InChI=1S/C17H12Cl4N2O/c18-15(19)13(11-7-3-1-4-8-11)22-17(24)23-14(16(20)21)12-9-5-2-6-10-12/h1-10H,(H2,22,23,24). The largest absolute Gasteiger partial charge is 0.323 e. The quantitative estimate of drug-likeness (QED) is 0.658. The average Bonchev–Trinajstić information content (AvgIpc) is 2.58. The van der Waals surface area contributed by atoms with Crippen molar-refractivity contribution in [2.75, 3.05) is 0 Å². The van der Waals surface area contributed by atoms with Crippen LogP contribution in [0.5, 0.6) is 0 Å². The Morgan fingerprint density at radius 3 is 1.25 bits per heavy atom. The molecule has 2 aromatic carbocycles. The van der Waals surface area contributed by atoms with Crippen molar-refractivity contribution in [1.82, 2.24) is 10.6 Å². The van der Waals surface area contributed by atoms with Crippen LogP contribution in [-0.4, -0.2) is 6.03 Å². The van der Waals surface area contributed by atoms with E-state index in [0.29, 0.717) is 11.1 Å². The van der Waals surface area contributed by atoms with Gasteiger partial charge < -0.3 is 10.6 Å². The van der Waals surface area contributed by atoms with Crippen molar-refractivity contribution in [3.8, 4) is 0 Å². The van der Waals surface area contributed by atoms with Crippen LogP contribution in [0, 0.1) is 0 Å². The molecule has 7 heteroatoms. The Balaban J connectivity index is 2.20. The fourth-order valence-corrected chi connectivity index (χ4v) is 2.55. The van der Waals surface area contributed by atoms with E-state index in [-0.39, 0.29) is 20.4 Å². The van der Waals surface area contributed by atoms with Gasteiger partial charge in [0.05, 0.1) is 11.4 Å². The van der Waals surface area contributed by atoms with Crippen LogP contribution >= 0.6 is 46.4 Å². The molecule has 3 nitrogen and oxygen atoms in total. The second kappa shape index (κ2) is 9.00. The number of nitrogens with one attached hydrogen (secondary N) is 2. The Bertz CT molecular complexity index is 700. The minimum absolute atomic E-state index is 0.0708. The number of amides is 2. The molecule has 24 heavy (non-hydrogen) atoms. The first-order valence-corrected chi connectivity index (χ1v) is 8.29. The van der Waals surface area contributed by atoms with Crippen molar-refractivity contribution in [3.63, 3.8) is 0 Å². The molecule has 124 valence electrons. The molecule has 0 heterocycles. The minimum Gasteiger partial charge on any atom is -0.305 e. The molecular formula is C17H12Cl4N2O. The summed E-state index contributed by atoms with van der Waals surface area (Å²) in [5.74, 6) is 0. The number of carbonyl (C=O) groups excluding carboxylic acids is 1. The first-order valence-electron chi connectivity index (χ1n) is 6.78. The highest BCUT2D eigenvalue weighted by Gasteiger charge is 2.14. The SMILES string of the molecule is O=C(NC(=C(Cl)Cl)c1ccccc1)NC(=C(Cl)Cl)c1ccccc1. The molecule has 2 amide bonds. The number of hydrogen-bond donors (Lipinski definition) is 2. The van der Waals surface area contributed by atoms with Gasteiger partial charge >= 0.3 is 6.03 Å². The summed E-state index contributed by atoms with van der Waals surface area (Å²) in [6.07, 6.45) is 0. The highest BCUT2D eigenvalue weighted by atomic mass is 35.5. The predicted octanol–water partition coefficient (Wildman–Crippen LogP) is 5.89. The van der Waals surface area contributed by atoms with E-state index in [0.717, 1.165) is 0 Å². The molecule has 2 rings (SSSR count). The van der Waals surface area contributed by atoms with Crippen LogP contribution in [0.2, 0.25) is 0 Å². The molecule has 0 radical (unpaired) electrons. The number of benzene rings is 2. The Kier molecular flexibility index (Phi) is 7.00. The second-order valence-electron chi connectivity index (χ2n) is 4.58. The molecule has 0 spiro atoms. The number of urea groups is 1. The van der Waals surface area contributed by atoms with Crippen LogP contribution in [0.3, 0.4) is 0 Å². The van der Waals surface area contributed by atoms with Gasteiger partial charge in [-0.1, -0.05) is 107 Å². The van der Waals surface area contributed by atoms with Gasteiger partial charge in [0.25, 0.3) is 0 Å². The van der Waals surface area contributed by atoms with E-state index in [4.69, 9.17) is 46.4 Å². The van der Waals surface area contributed by atoms with Crippen LogP contribution in [-0.2, 0) is 0 Å². The molecule has 0 aliphatic carbocycles.